The number of ether oxygens (including phenoxy) is 3. The molecule has 2 aromatic carbocycles. The minimum atomic E-state index is -0.663. The number of ketones is 1. The second-order valence-electron chi connectivity index (χ2n) is 7.49. The third-order valence-electron chi connectivity index (χ3n) is 4.60. The van der Waals surface area contributed by atoms with E-state index in [-0.39, 0.29) is 23.7 Å². The molecule has 1 aromatic heterocycles. The second-order valence-corrected chi connectivity index (χ2v) is 7.49. The molecule has 8 heteroatoms. The van der Waals surface area contributed by atoms with Gasteiger partial charge in [-0.05, 0) is 38.1 Å². The van der Waals surface area contributed by atoms with Crippen LogP contribution in [0.5, 0.6) is 11.5 Å². The molecular weight excluding hydrogens is 376 g/mol. The van der Waals surface area contributed by atoms with Gasteiger partial charge in [-0.3, -0.25) is 4.79 Å². The Morgan fingerprint density at radius 1 is 1.10 bits per heavy atom. The van der Waals surface area contributed by atoms with Gasteiger partial charge in [-0.1, -0.05) is 12.1 Å². The SMILES string of the molecule is CC1(C)Cc2cccc(OCC(=O)OCC(=O)c3ccc4[nH]c(=O)[nH]c4c3)c2O1. The van der Waals surface area contributed by atoms with Crippen molar-refractivity contribution in [1.29, 1.82) is 0 Å². The Hall–Kier alpha value is -3.55. The predicted octanol–water partition coefficient (Wildman–Crippen LogP) is 2.37. The van der Waals surface area contributed by atoms with Crippen LogP contribution in [0.4, 0.5) is 0 Å². The molecule has 4 rings (SSSR count). The number of benzene rings is 2. The molecule has 3 aromatic rings. The maximum absolute atomic E-state index is 12.3. The van der Waals surface area contributed by atoms with Crippen molar-refractivity contribution in [3.8, 4) is 11.5 Å². The van der Waals surface area contributed by atoms with Gasteiger partial charge in [0.15, 0.2) is 30.5 Å². The van der Waals surface area contributed by atoms with Gasteiger partial charge in [-0.25, -0.2) is 9.59 Å². The number of aromatic amines is 2. The lowest BCUT2D eigenvalue weighted by atomic mass is 10.0. The number of carbonyl (C=O) groups excluding carboxylic acids is 2. The fourth-order valence-electron chi connectivity index (χ4n) is 3.31. The number of para-hydroxylation sites is 1. The van der Waals surface area contributed by atoms with Crippen molar-refractivity contribution in [3.05, 3.63) is 58.0 Å². The standard InChI is InChI=1S/C21H20N2O6/c1-21(2)9-13-4-3-5-17(19(13)29-21)27-11-18(25)28-10-16(24)12-6-7-14-15(8-12)23-20(26)22-14/h3-8H,9-11H2,1-2H3,(H2,22,23,26). The molecule has 0 unspecified atom stereocenters. The highest BCUT2D eigenvalue weighted by Crippen LogP contribution is 2.41. The molecule has 0 spiro atoms. The van der Waals surface area contributed by atoms with Crippen LogP contribution in [-0.4, -0.2) is 40.5 Å². The molecule has 0 saturated carbocycles. The van der Waals surface area contributed by atoms with E-state index in [9.17, 15) is 14.4 Å². The average Bonchev–Trinajstić information content (AvgIpc) is 3.20. The molecule has 150 valence electrons. The Balaban J connectivity index is 1.33. The van der Waals surface area contributed by atoms with Gasteiger partial charge < -0.3 is 24.2 Å². The summed E-state index contributed by atoms with van der Waals surface area (Å²) in [5.41, 5.74) is 1.79. The summed E-state index contributed by atoms with van der Waals surface area (Å²) in [4.78, 5) is 40.7. The Kier molecular flexibility index (Phi) is 4.62. The van der Waals surface area contributed by atoms with Crippen molar-refractivity contribution in [1.82, 2.24) is 9.97 Å². The van der Waals surface area contributed by atoms with Gasteiger partial charge in [-0.2, -0.15) is 0 Å². The molecule has 29 heavy (non-hydrogen) atoms. The summed E-state index contributed by atoms with van der Waals surface area (Å²) in [6, 6.07) is 10.2. The number of rotatable bonds is 6. The lowest BCUT2D eigenvalue weighted by molar-refractivity contribution is -0.144. The van der Waals surface area contributed by atoms with Crippen LogP contribution < -0.4 is 15.2 Å². The van der Waals surface area contributed by atoms with E-state index in [0.717, 1.165) is 12.0 Å². The Morgan fingerprint density at radius 2 is 1.90 bits per heavy atom. The van der Waals surface area contributed by atoms with E-state index in [4.69, 9.17) is 14.2 Å². The minimum Gasteiger partial charge on any atom is -0.483 e. The van der Waals surface area contributed by atoms with Crippen LogP contribution in [0, 0.1) is 0 Å². The quantitative estimate of drug-likeness (QED) is 0.489. The van der Waals surface area contributed by atoms with E-state index in [1.807, 2.05) is 26.0 Å². The van der Waals surface area contributed by atoms with E-state index in [1.165, 1.54) is 6.07 Å². The predicted molar refractivity (Wildman–Crippen MR) is 105 cm³/mol. The Labute approximate surface area is 165 Å². The first-order chi connectivity index (χ1) is 13.8. The maximum Gasteiger partial charge on any atom is 0.344 e. The van der Waals surface area contributed by atoms with E-state index in [1.54, 1.807) is 18.2 Å². The van der Waals surface area contributed by atoms with Crippen LogP contribution in [0.2, 0.25) is 0 Å². The number of hydrogen-bond acceptors (Lipinski definition) is 6. The summed E-state index contributed by atoms with van der Waals surface area (Å²) < 4.78 is 16.5. The lowest BCUT2D eigenvalue weighted by Gasteiger charge is -2.18. The first-order valence-corrected chi connectivity index (χ1v) is 9.15. The summed E-state index contributed by atoms with van der Waals surface area (Å²) in [6.07, 6.45) is 0.759. The van der Waals surface area contributed by atoms with Crippen LogP contribution >= 0.6 is 0 Å². The van der Waals surface area contributed by atoms with Gasteiger partial charge in [0.1, 0.15) is 5.60 Å². The molecular formula is C21H20N2O6. The fraction of sp³-hybridized carbons (Fsp3) is 0.286. The minimum absolute atomic E-state index is 0.320. The molecule has 8 nitrogen and oxygen atoms in total. The van der Waals surface area contributed by atoms with Crippen LogP contribution in [0.3, 0.4) is 0 Å². The summed E-state index contributed by atoms with van der Waals surface area (Å²) in [6.45, 7) is 3.21. The van der Waals surface area contributed by atoms with E-state index in [2.05, 4.69) is 9.97 Å². The fourth-order valence-corrected chi connectivity index (χ4v) is 3.31. The van der Waals surface area contributed by atoms with Crippen molar-refractivity contribution in [2.75, 3.05) is 13.2 Å². The topological polar surface area (TPSA) is 110 Å². The normalized spacial score (nSPS) is 14.3. The van der Waals surface area contributed by atoms with Crippen LogP contribution in [0.25, 0.3) is 11.0 Å². The molecule has 0 aliphatic carbocycles. The van der Waals surface area contributed by atoms with Gasteiger partial charge in [0.2, 0.25) is 0 Å². The van der Waals surface area contributed by atoms with Crippen LogP contribution in [0.15, 0.2) is 41.2 Å². The van der Waals surface area contributed by atoms with E-state index >= 15 is 0 Å². The third kappa shape index (κ3) is 4.01. The molecule has 2 N–H and O–H groups in total. The first-order valence-electron chi connectivity index (χ1n) is 9.15. The van der Waals surface area contributed by atoms with Crippen molar-refractivity contribution >= 4 is 22.8 Å². The molecule has 1 aliphatic heterocycles. The maximum atomic E-state index is 12.3. The number of hydrogen-bond donors (Lipinski definition) is 2. The van der Waals surface area contributed by atoms with Crippen molar-refractivity contribution in [3.63, 3.8) is 0 Å². The molecule has 1 aliphatic rings. The summed E-state index contributed by atoms with van der Waals surface area (Å²) in [5, 5.41) is 0. The van der Waals surface area contributed by atoms with Gasteiger partial charge in [0, 0.05) is 17.5 Å². The molecule has 0 radical (unpaired) electrons. The van der Waals surface area contributed by atoms with Gasteiger partial charge in [0.25, 0.3) is 0 Å². The smallest absolute Gasteiger partial charge is 0.344 e. The van der Waals surface area contributed by atoms with Gasteiger partial charge >= 0.3 is 11.7 Å². The highest BCUT2D eigenvalue weighted by Gasteiger charge is 2.32. The monoisotopic (exact) mass is 396 g/mol. The average molecular weight is 396 g/mol. The molecule has 0 saturated heterocycles. The molecule has 0 amide bonds. The van der Waals surface area contributed by atoms with Crippen LogP contribution in [-0.2, 0) is 16.0 Å². The number of aromatic nitrogens is 2. The largest absolute Gasteiger partial charge is 0.483 e. The van der Waals surface area contributed by atoms with Gasteiger partial charge in [-0.15, -0.1) is 0 Å². The third-order valence-corrected chi connectivity index (χ3v) is 4.60. The summed E-state index contributed by atoms with van der Waals surface area (Å²) in [5.74, 6) is 0.0608. The van der Waals surface area contributed by atoms with Gasteiger partial charge in [0.05, 0.1) is 11.0 Å². The number of fused-ring (bicyclic) bond motifs is 2. The molecule has 0 atom stereocenters. The molecule has 2 heterocycles. The Morgan fingerprint density at radius 3 is 2.72 bits per heavy atom. The zero-order chi connectivity index (χ0) is 20.6. The molecule has 0 fully saturated rings. The van der Waals surface area contributed by atoms with Crippen molar-refractivity contribution in [2.45, 2.75) is 25.9 Å². The summed E-state index contributed by atoms with van der Waals surface area (Å²) >= 11 is 0. The Bertz CT molecular complexity index is 1160. The second kappa shape index (κ2) is 7.12. The van der Waals surface area contributed by atoms with E-state index in [0.29, 0.717) is 28.1 Å². The molecule has 0 bridgehead atoms. The number of imidazole rings is 1. The lowest BCUT2D eigenvalue weighted by Crippen LogP contribution is -2.25. The number of esters is 1. The number of Topliss-reactive ketones (excluding diaryl/α,β-unsaturated/α-hetero) is 1. The zero-order valence-electron chi connectivity index (χ0n) is 16.0. The number of H-pyrrole nitrogens is 2. The summed E-state index contributed by atoms with van der Waals surface area (Å²) in [7, 11) is 0. The number of nitrogens with one attached hydrogen (secondary N) is 2. The zero-order valence-corrected chi connectivity index (χ0v) is 16.0. The number of carbonyl (C=O) groups is 2. The van der Waals surface area contributed by atoms with Crippen molar-refractivity contribution < 1.29 is 23.8 Å². The first kappa shape index (κ1) is 18.8. The van der Waals surface area contributed by atoms with Crippen LogP contribution in [0.1, 0.15) is 29.8 Å². The highest BCUT2D eigenvalue weighted by atomic mass is 16.6. The highest BCUT2D eigenvalue weighted by molar-refractivity contribution is 6.00. The van der Waals surface area contributed by atoms with E-state index < -0.39 is 12.6 Å². The van der Waals surface area contributed by atoms with Crippen molar-refractivity contribution in [2.24, 2.45) is 0 Å².